The predicted octanol–water partition coefficient (Wildman–Crippen LogP) is 0.188. The van der Waals surface area contributed by atoms with Crippen molar-refractivity contribution in [2.24, 2.45) is 11.7 Å². The summed E-state index contributed by atoms with van der Waals surface area (Å²) in [5, 5.41) is 2.55. The van der Waals surface area contributed by atoms with Crippen LogP contribution in [0.25, 0.3) is 0 Å². The van der Waals surface area contributed by atoms with E-state index in [-0.39, 0.29) is 24.7 Å². The van der Waals surface area contributed by atoms with E-state index in [1.54, 1.807) is 6.07 Å². The van der Waals surface area contributed by atoms with Gasteiger partial charge in [0.2, 0.25) is 10.0 Å². The fourth-order valence-corrected chi connectivity index (χ4v) is 3.03. The quantitative estimate of drug-likeness (QED) is 0.633. The number of carbonyl (C=O) groups excluding carboxylic acids is 1. The van der Waals surface area contributed by atoms with Crippen molar-refractivity contribution in [2.75, 3.05) is 18.8 Å². The van der Waals surface area contributed by atoms with E-state index in [9.17, 15) is 13.2 Å². The fraction of sp³-hybridized carbons (Fsp3) is 0.615. The summed E-state index contributed by atoms with van der Waals surface area (Å²) in [6, 6.07) is 1.54. The lowest BCUT2D eigenvalue weighted by Gasteiger charge is -2.25. The Morgan fingerprint density at radius 2 is 2.19 bits per heavy atom. The second-order valence-electron chi connectivity index (χ2n) is 5.23. The highest BCUT2D eigenvalue weighted by Gasteiger charge is 2.20. The SMILES string of the molecule is NCc1cc(C(=O)NCCS(=O)(=O)NCC2CCC2)co1. The molecule has 1 heterocycles. The van der Waals surface area contributed by atoms with Crippen molar-refractivity contribution in [2.45, 2.75) is 25.8 Å². The van der Waals surface area contributed by atoms with E-state index in [2.05, 4.69) is 10.0 Å². The largest absolute Gasteiger partial charge is 0.467 e. The smallest absolute Gasteiger partial charge is 0.254 e. The molecule has 8 heteroatoms. The predicted molar refractivity (Wildman–Crippen MR) is 78.1 cm³/mol. The number of nitrogens with one attached hydrogen (secondary N) is 2. The van der Waals surface area contributed by atoms with Crippen LogP contribution >= 0.6 is 0 Å². The lowest BCUT2D eigenvalue weighted by atomic mass is 9.86. The molecule has 7 nitrogen and oxygen atoms in total. The Labute approximate surface area is 124 Å². The molecule has 0 atom stereocenters. The molecule has 0 aromatic carbocycles. The lowest BCUT2D eigenvalue weighted by Crippen LogP contribution is -2.37. The van der Waals surface area contributed by atoms with Crippen LogP contribution in [-0.2, 0) is 16.6 Å². The lowest BCUT2D eigenvalue weighted by molar-refractivity contribution is 0.0955. The summed E-state index contributed by atoms with van der Waals surface area (Å²) in [6.45, 7) is 0.770. The minimum absolute atomic E-state index is 0.0575. The minimum atomic E-state index is -3.34. The van der Waals surface area contributed by atoms with Gasteiger partial charge in [0.1, 0.15) is 12.0 Å². The molecule has 0 radical (unpaired) electrons. The van der Waals surface area contributed by atoms with Crippen LogP contribution in [0.1, 0.15) is 35.4 Å². The molecule has 21 heavy (non-hydrogen) atoms. The van der Waals surface area contributed by atoms with Gasteiger partial charge in [-0.05, 0) is 24.8 Å². The van der Waals surface area contributed by atoms with E-state index < -0.39 is 10.0 Å². The van der Waals surface area contributed by atoms with E-state index >= 15 is 0 Å². The van der Waals surface area contributed by atoms with Gasteiger partial charge >= 0.3 is 0 Å². The first-order valence-electron chi connectivity index (χ1n) is 7.03. The molecule has 0 spiro atoms. The number of furan rings is 1. The summed E-state index contributed by atoms with van der Waals surface area (Å²) in [5.74, 6) is 0.477. The first-order chi connectivity index (χ1) is 10.00. The normalized spacial score (nSPS) is 15.7. The van der Waals surface area contributed by atoms with Crippen LogP contribution in [0.5, 0.6) is 0 Å². The highest BCUT2D eigenvalue weighted by atomic mass is 32.2. The van der Waals surface area contributed by atoms with Crippen LogP contribution in [-0.4, -0.2) is 33.2 Å². The zero-order chi connectivity index (χ0) is 15.3. The molecule has 1 saturated carbocycles. The molecule has 0 aliphatic heterocycles. The van der Waals surface area contributed by atoms with Crippen molar-refractivity contribution in [1.29, 1.82) is 0 Å². The highest BCUT2D eigenvalue weighted by molar-refractivity contribution is 7.89. The summed E-state index contributed by atoms with van der Waals surface area (Å²) >= 11 is 0. The number of hydrogen-bond donors (Lipinski definition) is 3. The van der Waals surface area contributed by atoms with Crippen LogP contribution < -0.4 is 15.8 Å². The molecule has 1 aromatic rings. The van der Waals surface area contributed by atoms with Crippen LogP contribution in [0.2, 0.25) is 0 Å². The molecule has 0 bridgehead atoms. The third-order valence-corrected chi connectivity index (χ3v) is 4.94. The van der Waals surface area contributed by atoms with Crippen molar-refractivity contribution in [3.63, 3.8) is 0 Å². The van der Waals surface area contributed by atoms with Crippen molar-refractivity contribution in [1.82, 2.24) is 10.0 Å². The molecular weight excluding hydrogens is 294 g/mol. The molecule has 0 unspecified atom stereocenters. The Bertz CT molecular complexity index is 578. The fourth-order valence-electron chi connectivity index (χ4n) is 2.02. The summed E-state index contributed by atoms with van der Waals surface area (Å²) in [4.78, 5) is 11.8. The van der Waals surface area contributed by atoms with Gasteiger partial charge in [0, 0.05) is 13.1 Å². The van der Waals surface area contributed by atoms with Gasteiger partial charge in [-0.1, -0.05) is 6.42 Å². The second kappa shape index (κ2) is 7.06. The summed E-state index contributed by atoms with van der Waals surface area (Å²) in [7, 11) is -3.34. The Morgan fingerprint density at radius 3 is 2.76 bits per heavy atom. The molecule has 4 N–H and O–H groups in total. The van der Waals surface area contributed by atoms with E-state index in [1.807, 2.05) is 0 Å². The zero-order valence-corrected chi connectivity index (χ0v) is 12.6. The van der Waals surface area contributed by atoms with Crippen LogP contribution in [0.15, 0.2) is 16.7 Å². The van der Waals surface area contributed by atoms with Gasteiger partial charge in [-0.15, -0.1) is 0 Å². The van der Waals surface area contributed by atoms with E-state index in [4.69, 9.17) is 10.2 Å². The molecule has 2 rings (SSSR count). The number of amides is 1. The minimum Gasteiger partial charge on any atom is -0.467 e. The average Bonchev–Trinajstić information content (AvgIpc) is 2.85. The number of rotatable bonds is 8. The van der Waals surface area contributed by atoms with Gasteiger partial charge in [-0.25, -0.2) is 13.1 Å². The zero-order valence-electron chi connectivity index (χ0n) is 11.8. The monoisotopic (exact) mass is 315 g/mol. The third-order valence-electron chi connectivity index (χ3n) is 3.59. The van der Waals surface area contributed by atoms with Crippen molar-refractivity contribution >= 4 is 15.9 Å². The van der Waals surface area contributed by atoms with E-state index in [1.165, 1.54) is 12.7 Å². The van der Waals surface area contributed by atoms with Crippen LogP contribution in [0, 0.1) is 5.92 Å². The third kappa shape index (κ3) is 4.83. The standard InChI is InChI=1S/C13H21N3O4S/c14-7-12-6-11(9-20-12)13(17)15-4-5-21(18,19)16-8-10-2-1-3-10/h6,9-10,16H,1-5,7-8,14H2,(H,15,17). The molecule has 1 aliphatic rings. The molecule has 1 amide bonds. The van der Waals surface area contributed by atoms with E-state index in [0.29, 0.717) is 23.8 Å². The maximum Gasteiger partial charge on any atom is 0.254 e. The van der Waals surface area contributed by atoms with Crippen molar-refractivity contribution < 1.29 is 17.6 Å². The highest BCUT2D eigenvalue weighted by Crippen LogP contribution is 2.25. The first kappa shape index (κ1) is 16.0. The second-order valence-corrected chi connectivity index (χ2v) is 7.15. The maximum atomic E-state index is 11.8. The molecule has 1 aromatic heterocycles. The maximum absolute atomic E-state index is 11.8. The van der Waals surface area contributed by atoms with Gasteiger partial charge in [-0.2, -0.15) is 0 Å². The molecular formula is C13H21N3O4S. The number of carbonyl (C=O) groups is 1. The molecule has 1 fully saturated rings. The number of hydrogen-bond acceptors (Lipinski definition) is 5. The Morgan fingerprint density at radius 1 is 1.43 bits per heavy atom. The molecule has 118 valence electrons. The van der Waals surface area contributed by atoms with Gasteiger partial charge in [0.05, 0.1) is 17.9 Å². The average molecular weight is 315 g/mol. The Kier molecular flexibility index (Phi) is 5.38. The summed E-state index contributed by atoms with van der Waals surface area (Å²) < 4.78 is 31.1. The van der Waals surface area contributed by atoms with Gasteiger partial charge in [-0.3, -0.25) is 4.79 Å². The topological polar surface area (TPSA) is 114 Å². The Hall–Kier alpha value is -1.38. The van der Waals surface area contributed by atoms with Crippen molar-refractivity contribution in [3.8, 4) is 0 Å². The van der Waals surface area contributed by atoms with Crippen LogP contribution in [0.4, 0.5) is 0 Å². The summed E-state index contributed by atoms with van der Waals surface area (Å²) in [6.07, 6.45) is 4.66. The van der Waals surface area contributed by atoms with Gasteiger partial charge in [0.25, 0.3) is 5.91 Å². The molecule has 0 saturated heterocycles. The Balaban J connectivity index is 1.70. The number of sulfonamides is 1. The van der Waals surface area contributed by atoms with Crippen molar-refractivity contribution in [3.05, 3.63) is 23.7 Å². The van der Waals surface area contributed by atoms with Gasteiger partial charge < -0.3 is 15.5 Å². The first-order valence-corrected chi connectivity index (χ1v) is 8.68. The summed E-state index contributed by atoms with van der Waals surface area (Å²) in [5.41, 5.74) is 5.72. The van der Waals surface area contributed by atoms with E-state index in [0.717, 1.165) is 12.8 Å². The molecule has 1 aliphatic carbocycles. The van der Waals surface area contributed by atoms with Crippen LogP contribution in [0.3, 0.4) is 0 Å². The number of nitrogens with two attached hydrogens (primary N) is 1. The van der Waals surface area contributed by atoms with Gasteiger partial charge in [0.15, 0.2) is 0 Å².